The van der Waals surface area contributed by atoms with Gasteiger partial charge in [-0.3, -0.25) is 9.69 Å². The Morgan fingerprint density at radius 1 is 0.838 bits per heavy atom. The highest BCUT2D eigenvalue weighted by Crippen LogP contribution is 2.39. The van der Waals surface area contributed by atoms with Crippen molar-refractivity contribution in [2.75, 3.05) is 6.54 Å². The molecule has 8 nitrogen and oxygen atoms in total. The first-order valence-electron chi connectivity index (χ1n) is 12.3. The minimum atomic E-state index is -2.09. The molecular formula is C29H28N2O6. The zero-order valence-corrected chi connectivity index (χ0v) is 20.1. The summed E-state index contributed by atoms with van der Waals surface area (Å²) >= 11 is 0. The van der Waals surface area contributed by atoms with Crippen molar-refractivity contribution < 1.29 is 29.3 Å². The second-order valence-electron chi connectivity index (χ2n) is 9.43. The largest absolute Gasteiger partial charge is 0.480 e. The Balaban J connectivity index is 1.45. The van der Waals surface area contributed by atoms with Crippen LogP contribution in [0.3, 0.4) is 0 Å². The third-order valence-electron chi connectivity index (χ3n) is 7.28. The van der Waals surface area contributed by atoms with Gasteiger partial charge in [-0.2, -0.15) is 0 Å². The molecule has 0 aliphatic carbocycles. The summed E-state index contributed by atoms with van der Waals surface area (Å²) in [6.45, 7) is 0.0481. The lowest BCUT2D eigenvalue weighted by Crippen LogP contribution is -2.67. The highest BCUT2D eigenvalue weighted by molar-refractivity contribution is 5.94. The van der Waals surface area contributed by atoms with Crippen LogP contribution in [0, 0.1) is 0 Å². The molecule has 0 saturated carbocycles. The molecule has 0 aromatic heterocycles. The summed E-state index contributed by atoms with van der Waals surface area (Å²) in [5.41, 5.74) is -0.589. The number of rotatable bonds is 6. The van der Waals surface area contributed by atoms with Gasteiger partial charge in [0.25, 0.3) is 5.91 Å². The summed E-state index contributed by atoms with van der Waals surface area (Å²) in [6.07, 6.45) is 0.352. The van der Waals surface area contributed by atoms with Gasteiger partial charge in [0.15, 0.2) is 5.60 Å². The molecule has 0 spiro atoms. The van der Waals surface area contributed by atoms with Crippen molar-refractivity contribution in [2.45, 2.75) is 43.2 Å². The van der Waals surface area contributed by atoms with Gasteiger partial charge in [-0.05, 0) is 29.5 Å². The Labute approximate surface area is 214 Å². The van der Waals surface area contributed by atoms with E-state index >= 15 is 0 Å². The molecule has 2 N–H and O–H groups in total. The van der Waals surface area contributed by atoms with Crippen molar-refractivity contribution in [3.8, 4) is 0 Å². The monoisotopic (exact) mass is 500 g/mol. The van der Waals surface area contributed by atoms with E-state index in [4.69, 9.17) is 4.74 Å². The Kier molecular flexibility index (Phi) is 6.67. The molecule has 2 amide bonds. The van der Waals surface area contributed by atoms with Crippen LogP contribution in [0.2, 0.25) is 0 Å². The number of aliphatic hydroxyl groups is 1. The Bertz CT molecular complexity index is 1230. The molecule has 37 heavy (non-hydrogen) atoms. The van der Waals surface area contributed by atoms with Crippen LogP contribution in [0.5, 0.6) is 0 Å². The van der Waals surface area contributed by atoms with Gasteiger partial charge in [0.05, 0.1) is 12.1 Å². The van der Waals surface area contributed by atoms with Crippen LogP contribution < -0.4 is 0 Å². The maximum absolute atomic E-state index is 14.1. The van der Waals surface area contributed by atoms with Gasteiger partial charge in [0, 0.05) is 6.54 Å². The van der Waals surface area contributed by atoms with Gasteiger partial charge in [-0.25, -0.2) is 9.59 Å². The second-order valence-corrected chi connectivity index (χ2v) is 9.43. The molecule has 5 rings (SSSR count). The molecule has 2 fully saturated rings. The summed E-state index contributed by atoms with van der Waals surface area (Å²) in [5, 5.41) is 22.2. The quantitative estimate of drug-likeness (QED) is 0.537. The summed E-state index contributed by atoms with van der Waals surface area (Å²) in [4.78, 5) is 42.4. The van der Waals surface area contributed by atoms with E-state index < -0.39 is 41.7 Å². The number of carbonyl (C=O) groups is 3. The maximum Gasteiger partial charge on any atom is 0.410 e. The first-order valence-corrected chi connectivity index (χ1v) is 12.3. The third kappa shape index (κ3) is 4.44. The fraction of sp³-hybridized carbons (Fsp3) is 0.276. The smallest absolute Gasteiger partial charge is 0.410 e. The average Bonchev–Trinajstić information content (AvgIpc) is 3.24. The zero-order valence-electron chi connectivity index (χ0n) is 20.1. The summed E-state index contributed by atoms with van der Waals surface area (Å²) in [5.74, 6) is -1.96. The Morgan fingerprint density at radius 3 is 1.92 bits per heavy atom. The highest BCUT2D eigenvalue weighted by atomic mass is 16.6. The third-order valence-corrected chi connectivity index (χ3v) is 7.28. The molecule has 2 aliphatic heterocycles. The second kappa shape index (κ2) is 10.1. The SMILES string of the molecule is O=C(O)[C@@H]1[C@H]2CC[C@@H](CN1C(=O)C(O)(c1ccccc1)c1ccccc1)N2C(=O)OCc1ccccc1. The van der Waals surface area contributed by atoms with Crippen molar-refractivity contribution in [3.63, 3.8) is 0 Å². The number of hydrogen-bond donors (Lipinski definition) is 2. The molecule has 2 aliphatic rings. The van der Waals surface area contributed by atoms with E-state index in [9.17, 15) is 24.6 Å². The lowest BCUT2D eigenvalue weighted by Gasteiger charge is -2.46. The minimum Gasteiger partial charge on any atom is -0.480 e. The lowest BCUT2D eigenvalue weighted by atomic mass is 9.84. The predicted octanol–water partition coefficient (Wildman–Crippen LogP) is 3.39. The van der Waals surface area contributed by atoms with Gasteiger partial charge >= 0.3 is 12.1 Å². The van der Waals surface area contributed by atoms with E-state index in [0.717, 1.165) is 5.56 Å². The van der Waals surface area contributed by atoms with Gasteiger partial charge in [0.2, 0.25) is 0 Å². The zero-order chi connectivity index (χ0) is 26.0. The normalized spacial score (nSPS) is 20.9. The molecule has 3 aromatic carbocycles. The Morgan fingerprint density at radius 2 is 1.38 bits per heavy atom. The number of carbonyl (C=O) groups excluding carboxylic acids is 2. The Hall–Kier alpha value is -4.17. The molecule has 3 aromatic rings. The molecule has 8 heteroatoms. The lowest BCUT2D eigenvalue weighted by molar-refractivity contribution is -0.165. The van der Waals surface area contributed by atoms with Gasteiger partial charge < -0.3 is 19.8 Å². The number of amides is 2. The number of ether oxygens (including phenoxy) is 1. The van der Waals surface area contributed by atoms with E-state index in [1.54, 1.807) is 60.7 Å². The van der Waals surface area contributed by atoms with E-state index in [1.165, 1.54) is 9.80 Å². The van der Waals surface area contributed by atoms with E-state index in [2.05, 4.69) is 0 Å². The molecule has 2 bridgehead atoms. The van der Waals surface area contributed by atoms with Crippen LogP contribution in [-0.2, 0) is 26.5 Å². The van der Waals surface area contributed by atoms with Crippen molar-refractivity contribution in [1.82, 2.24) is 9.80 Å². The summed E-state index contributed by atoms with van der Waals surface area (Å²) in [7, 11) is 0. The standard InChI is InChI=1S/C29H28N2O6/c32-26(33)25-24-17-16-23(31(24)28(35)37-19-20-10-4-1-5-11-20)18-30(25)27(34)29(36,21-12-6-2-7-13-21)22-14-8-3-9-15-22/h1-15,23-25,36H,16-19H2,(H,32,33)/t23-,24+,25-/m0/s1. The molecule has 0 unspecified atom stereocenters. The fourth-order valence-corrected chi connectivity index (χ4v) is 5.52. The van der Waals surface area contributed by atoms with Crippen LogP contribution in [-0.4, -0.2) is 62.7 Å². The number of likely N-dealkylation sites (tertiary alicyclic amines) is 1. The van der Waals surface area contributed by atoms with Crippen LogP contribution in [0.1, 0.15) is 29.5 Å². The number of hydrogen-bond acceptors (Lipinski definition) is 5. The van der Waals surface area contributed by atoms with Gasteiger partial charge in [-0.15, -0.1) is 0 Å². The van der Waals surface area contributed by atoms with Crippen molar-refractivity contribution in [2.24, 2.45) is 0 Å². The number of nitrogens with zero attached hydrogens (tertiary/aromatic N) is 2. The van der Waals surface area contributed by atoms with Crippen LogP contribution >= 0.6 is 0 Å². The maximum atomic E-state index is 14.1. The number of carboxylic acids is 1. The molecule has 0 radical (unpaired) electrons. The number of carboxylic acid groups (broad SMARTS) is 1. The first-order chi connectivity index (χ1) is 17.9. The fourth-order valence-electron chi connectivity index (χ4n) is 5.52. The number of piperazine rings is 1. The van der Waals surface area contributed by atoms with Crippen LogP contribution in [0.25, 0.3) is 0 Å². The molecule has 3 atom stereocenters. The van der Waals surface area contributed by atoms with E-state index in [-0.39, 0.29) is 13.2 Å². The molecule has 2 saturated heterocycles. The topological polar surface area (TPSA) is 107 Å². The number of aliphatic carboxylic acids is 1. The van der Waals surface area contributed by atoms with Crippen molar-refractivity contribution in [3.05, 3.63) is 108 Å². The predicted molar refractivity (Wildman–Crippen MR) is 134 cm³/mol. The first kappa shape index (κ1) is 24.5. The van der Waals surface area contributed by atoms with E-state index in [1.807, 2.05) is 30.3 Å². The highest BCUT2D eigenvalue weighted by Gasteiger charge is 2.56. The van der Waals surface area contributed by atoms with Crippen molar-refractivity contribution in [1.29, 1.82) is 0 Å². The average molecular weight is 501 g/mol. The van der Waals surface area contributed by atoms with E-state index in [0.29, 0.717) is 24.0 Å². The van der Waals surface area contributed by atoms with Gasteiger partial charge in [0.1, 0.15) is 12.6 Å². The molecular weight excluding hydrogens is 472 g/mol. The molecule has 2 heterocycles. The number of fused-ring (bicyclic) bond motifs is 2. The molecule has 190 valence electrons. The summed E-state index contributed by atoms with van der Waals surface area (Å²) in [6, 6.07) is 23.7. The van der Waals surface area contributed by atoms with Gasteiger partial charge in [-0.1, -0.05) is 91.0 Å². The van der Waals surface area contributed by atoms with Crippen molar-refractivity contribution >= 4 is 18.0 Å². The number of benzene rings is 3. The van der Waals surface area contributed by atoms with Crippen LogP contribution in [0.4, 0.5) is 4.79 Å². The van der Waals surface area contributed by atoms with Crippen LogP contribution in [0.15, 0.2) is 91.0 Å². The summed E-state index contributed by atoms with van der Waals surface area (Å²) < 4.78 is 5.52. The minimum absolute atomic E-state index is 0.0191.